The number of aromatic nitrogens is 3. The number of para-hydroxylation sites is 1. The van der Waals surface area contributed by atoms with Crippen LogP contribution in [-0.2, 0) is 14.8 Å². The molecule has 0 saturated carbocycles. The number of hydrogen-bond acceptors (Lipinski definition) is 8. The zero-order chi connectivity index (χ0) is 26.8. The molecule has 0 spiro atoms. The lowest BCUT2D eigenvalue weighted by molar-refractivity contribution is -0.136. The average Bonchev–Trinajstić information content (AvgIpc) is 3.43. The molecule has 1 N–H and O–H groups in total. The van der Waals surface area contributed by atoms with E-state index >= 15 is 0 Å². The summed E-state index contributed by atoms with van der Waals surface area (Å²) in [5.41, 5.74) is 0.350. The maximum absolute atomic E-state index is 13.6. The Morgan fingerprint density at radius 1 is 1.14 bits per heavy atom. The number of nitrogens with zero attached hydrogens (tertiary/aromatic N) is 4. The minimum absolute atomic E-state index is 0.0302. The third-order valence-corrected chi connectivity index (χ3v) is 9.40. The van der Waals surface area contributed by atoms with Gasteiger partial charge in [0.15, 0.2) is 11.0 Å². The Hall–Kier alpha value is -3.32. The molecule has 1 aromatic carbocycles. The summed E-state index contributed by atoms with van der Waals surface area (Å²) in [7, 11) is -3.19. The molecule has 0 amide bonds. The molecule has 0 fully saturated rings. The number of carbonyl (C=O) groups is 1. The van der Waals surface area contributed by atoms with Gasteiger partial charge in [-0.2, -0.15) is 0 Å². The number of rotatable bonds is 11. The fraction of sp³-hybridized carbons (Fsp3) is 0.435. The second-order valence-electron chi connectivity index (χ2n) is 9.49. The molecule has 36 heavy (non-hydrogen) atoms. The normalized spacial score (nSPS) is 12.9. The van der Waals surface area contributed by atoms with E-state index in [0.717, 1.165) is 11.2 Å². The summed E-state index contributed by atoms with van der Waals surface area (Å²) in [6, 6.07) is 9.12. The van der Waals surface area contributed by atoms with E-state index in [-0.39, 0.29) is 18.3 Å². The Bertz CT molecular complexity index is 1320. The molecule has 2 heterocycles. The van der Waals surface area contributed by atoms with Crippen LogP contribution in [0.4, 0.5) is 5.95 Å². The first-order valence-corrected chi connectivity index (χ1v) is 16.5. The van der Waals surface area contributed by atoms with Gasteiger partial charge in [-0.15, -0.1) is 10.2 Å². The van der Waals surface area contributed by atoms with E-state index in [1.807, 2.05) is 0 Å². The lowest BCUT2D eigenvalue weighted by Gasteiger charge is -2.28. The van der Waals surface area contributed by atoms with Crippen molar-refractivity contribution < 1.29 is 32.2 Å². The Morgan fingerprint density at radius 3 is 2.22 bits per heavy atom. The van der Waals surface area contributed by atoms with Gasteiger partial charge in [0, 0.05) is 14.6 Å². The number of carboxylic acids is 1. The predicted molar refractivity (Wildman–Crippen MR) is 138 cm³/mol. The van der Waals surface area contributed by atoms with Gasteiger partial charge in [-0.05, 0) is 44.2 Å². The molecule has 0 aliphatic carbocycles. The standard InChI is InChI=1S/C23H32N4O7SSi/c1-15-11-12-19(34-15)21-24-25-23(27(21)20-17(32-3)9-8-10-18(20)33-4)26(13-14-36(5,6)7)35(30,31)16(2)22(28)29/h8-12,16H,13-14H2,1-7H3,(H,28,29)/t16-/m1/s1. The maximum atomic E-state index is 13.6. The molecule has 1 atom stereocenters. The molecule has 0 bridgehead atoms. The SMILES string of the molecule is COc1cccc(OC)c1-n1c(-c2ccc(C)o2)nnc1N(CC[Si](C)(C)C)S(=O)(=O)[C@H](C)C(=O)O. The summed E-state index contributed by atoms with van der Waals surface area (Å²) < 4.78 is 46.7. The van der Waals surface area contributed by atoms with Crippen molar-refractivity contribution in [1.82, 2.24) is 14.8 Å². The fourth-order valence-corrected chi connectivity index (χ4v) is 5.89. The number of methoxy groups -OCH3 is 2. The van der Waals surface area contributed by atoms with Crippen LogP contribution < -0.4 is 13.8 Å². The molecular formula is C23H32N4O7SSi. The van der Waals surface area contributed by atoms with Crippen molar-refractivity contribution >= 4 is 30.0 Å². The smallest absolute Gasteiger partial charge is 0.323 e. The van der Waals surface area contributed by atoms with Gasteiger partial charge in [0.2, 0.25) is 11.8 Å². The zero-order valence-electron chi connectivity index (χ0n) is 21.5. The van der Waals surface area contributed by atoms with E-state index in [1.165, 1.54) is 18.8 Å². The summed E-state index contributed by atoms with van der Waals surface area (Å²) in [4.78, 5) is 11.8. The largest absolute Gasteiger partial charge is 0.494 e. The van der Waals surface area contributed by atoms with E-state index in [0.29, 0.717) is 34.8 Å². The molecule has 11 nitrogen and oxygen atoms in total. The lowest BCUT2D eigenvalue weighted by Crippen LogP contribution is -2.44. The van der Waals surface area contributed by atoms with Crippen LogP contribution in [0.2, 0.25) is 25.7 Å². The Labute approximate surface area is 211 Å². The van der Waals surface area contributed by atoms with Crippen LogP contribution in [0.1, 0.15) is 12.7 Å². The zero-order valence-corrected chi connectivity index (χ0v) is 23.3. The van der Waals surface area contributed by atoms with Crippen LogP contribution in [0.5, 0.6) is 11.5 Å². The van der Waals surface area contributed by atoms with Gasteiger partial charge in [0.05, 0.1) is 14.2 Å². The van der Waals surface area contributed by atoms with Crippen molar-refractivity contribution in [2.45, 2.75) is 44.8 Å². The van der Waals surface area contributed by atoms with E-state index in [9.17, 15) is 18.3 Å². The van der Waals surface area contributed by atoms with Gasteiger partial charge in [-0.25, -0.2) is 12.7 Å². The van der Waals surface area contributed by atoms with Crippen molar-refractivity contribution in [3.8, 4) is 28.8 Å². The van der Waals surface area contributed by atoms with Gasteiger partial charge in [0.1, 0.15) is 22.9 Å². The quantitative estimate of drug-likeness (QED) is 0.363. The van der Waals surface area contributed by atoms with Crippen LogP contribution in [0.15, 0.2) is 34.7 Å². The van der Waals surface area contributed by atoms with Gasteiger partial charge < -0.3 is 19.0 Å². The number of furan rings is 1. The molecule has 196 valence electrons. The summed E-state index contributed by atoms with van der Waals surface area (Å²) in [5, 5.41) is 16.4. The van der Waals surface area contributed by atoms with Crippen molar-refractivity contribution in [2.75, 3.05) is 25.1 Å². The molecule has 3 rings (SSSR count). The maximum Gasteiger partial charge on any atom is 0.323 e. The van der Waals surface area contributed by atoms with Crippen LogP contribution in [-0.4, -0.2) is 68.3 Å². The van der Waals surface area contributed by atoms with Gasteiger partial charge in [-0.1, -0.05) is 25.7 Å². The average molecular weight is 537 g/mol. The van der Waals surface area contributed by atoms with E-state index in [4.69, 9.17) is 13.9 Å². The van der Waals surface area contributed by atoms with Crippen LogP contribution in [0, 0.1) is 6.92 Å². The molecule has 0 aliphatic heterocycles. The van der Waals surface area contributed by atoms with Gasteiger partial charge >= 0.3 is 5.97 Å². The molecule has 0 saturated heterocycles. The number of hydrogen-bond donors (Lipinski definition) is 1. The number of ether oxygens (including phenoxy) is 2. The molecule has 0 radical (unpaired) electrons. The number of aryl methyl sites for hydroxylation is 1. The number of benzene rings is 1. The third kappa shape index (κ3) is 5.41. The molecule has 3 aromatic rings. The van der Waals surface area contributed by atoms with Crippen LogP contribution >= 0.6 is 0 Å². The van der Waals surface area contributed by atoms with Crippen molar-refractivity contribution in [2.24, 2.45) is 0 Å². The van der Waals surface area contributed by atoms with Crippen LogP contribution in [0.3, 0.4) is 0 Å². The third-order valence-electron chi connectivity index (χ3n) is 5.62. The van der Waals surface area contributed by atoms with Gasteiger partial charge in [0.25, 0.3) is 10.0 Å². The van der Waals surface area contributed by atoms with Crippen molar-refractivity contribution in [3.63, 3.8) is 0 Å². The predicted octanol–water partition coefficient (Wildman–Crippen LogP) is 3.80. The number of sulfonamides is 1. The molecular weight excluding hydrogens is 504 g/mol. The summed E-state index contributed by atoms with van der Waals surface area (Å²) in [6.45, 7) is 9.24. The van der Waals surface area contributed by atoms with Gasteiger partial charge in [-0.3, -0.25) is 9.36 Å². The highest BCUT2D eigenvalue weighted by Crippen LogP contribution is 2.39. The number of aliphatic carboxylic acids is 1. The fourth-order valence-electron chi connectivity index (χ4n) is 3.51. The summed E-state index contributed by atoms with van der Waals surface area (Å²) >= 11 is 0. The topological polar surface area (TPSA) is 137 Å². The summed E-state index contributed by atoms with van der Waals surface area (Å²) in [6.07, 6.45) is 0. The van der Waals surface area contributed by atoms with Crippen LogP contribution in [0.25, 0.3) is 17.3 Å². The molecule has 2 aromatic heterocycles. The Kier molecular flexibility index (Phi) is 7.84. The first kappa shape index (κ1) is 27.3. The van der Waals surface area contributed by atoms with Crippen molar-refractivity contribution in [1.29, 1.82) is 0 Å². The van der Waals surface area contributed by atoms with E-state index < -0.39 is 29.3 Å². The second kappa shape index (κ2) is 10.3. The first-order chi connectivity index (χ1) is 16.8. The second-order valence-corrected chi connectivity index (χ2v) is 17.3. The highest BCUT2D eigenvalue weighted by atomic mass is 32.2. The minimum Gasteiger partial charge on any atom is -0.494 e. The van der Waals surface area contributed by atoms with E-state index in [2.05, 4.69) is 29.8 Å². The lowest BCUT2D eigenvalue weighted by atomic mass is 10.2. The monoisotopic (exact) mass is 536 g/mol. The minimum atomic E-state index is -4.39. The first-order valence-electron chi connectivity index (χ1n) is 11.3. The highest BCUT2D eigenvalue weighted by molar-refractivity contribution is 7.94. The molecule has 0 aliphatic rings. The molecule has 0 unspecified atom stereocenters. The highest BCUT2D eigenvalue weighted by Gasteiger charge is 2.39. The van der Waals surface area contributed by atoms with Crippen molar-refractivity contribution in [3.05, 3.63) is 36.1 Å². The number of anilines is 1. The number of carboxylic acid groups (broad SMARTS) is 1. The molecule has 13 heteroatoms. The Morgan fingerprint density at radius 2 is 1.75 bits per heavy atom. The van der Waals surface area contributed by atoms with E-state index in [1.54, 1.807) is 37.3 Å². The Balaban J connectivity index is 2.39. The summed E-state index contributed by atoms with van der Waals surface area (Å²) in [5.74, 6) is 0.354.